The molecule has 6 N–H and O–H groups in total. The summed E-state index contributed by atoms with van der Waals surface area (Å²) < 4.78 is 11.2. The fourth-order valence-electron chi connectivity index (χ4n) is 8.88. The van der Waals surface area contributed by atoms with Crippen LogP contribution in [0.25, 0.3) is 0 Å². The van der Waals surface area contributed by atoms with Crippen LogP contribution in [0.2, 0.25) is 0 Å². The Morgan fingerprint density at radius 2 is 0.838 bits per heavy atom. The normalized spacial score (nSPS) is 19.8. The Bertz CT molecular complexity index is 1530. The van der Waals surface area contributed by atoms with Gasteiger partial charge in [0.15, 0.2) is 6.29 Å². The molecule has 1 aliphatic heterocycles. The molecule has 74 heavy (non-hydrogen) atoms. The summed E-state index contributed by atoms with van der Waals surface area (Å²) in [6, 6.07) is -0.809. The number of amides is 1. The largest absolute Gasteiger partial charge is 0.394 e. The van der Waals surface area contributed by atoms with E-state index in [9.17, 15) is 30.3 Å². The predicted molar refractivity (Wildman–Crippen MR) is 313 cm³/mol. The van der Waals surface area contributed by atoms with E-state index in [0.29, 0.717) is 6.42 Å². The van der Waals surface area contributed by atoms with Crippen molar-refractivity contribution in [3.05, 3.63) is 109 Å². The number of rotatable bonds is 50. The first kappa shape index (κ1) is 68.9. The quantitative estimate of drug-likeness (QED) is 0.0261. The molecule has 0 radical (unpaired) electrons. The Morgan fingerprint density at radius 1 is 0.473 bits per heavy atom. The van der Waals surface area contributed by atoms with E-state index in [4.69, 9.17) is 9.47 Å². The molecule has 1 rings (SSSR count). The third kappa shape index (κ3) is 42.0. The maximum Gasteiger partial charge on any atom is 0.220 e. The van der Waals surface area contributed by atoms with Gasteiger partial charge in [0.25, 0.3) is 0 Å². The standard InChI is InChI=1S/C65H111NO8/c1-3-5-7-9-11-13-15-17-18-19-20-21-22-23-24-25-26-27-28-29-30-31-32-33-34-35-36-37-38-39-40-41-42-43-45-47-49-51-53-55-61(69)66-58(57-73-65-64(72)63(71)62(70)60(56-67)74-65)59(68)54-52-50-48-46-44-16-14-12-10-8-6-4-2/h5,7,11,13,17-18,20-21,23-24,26-27,29-30,32-33,52,54,58-60,62-65,67-68,70-72H,3-4,6,8-10,12,14-16,19,22,25,28,31,34-51,53,55-57H2,1-2H3,(H,66,69)/b7-5-,13-11-,18-17-,21-20-,24-23-,27-26-,30-29-,33-32-,54-52+. The molecule has 1 amide bonds. The Hall–Kier alpha value is -3.15. The molecule has 7 unspecified atom stereocenters. The fraction of sp³-hybridized carbons (Fsp3) is 0.708. The van der Waals surface area contributed by atoms with E-state index in [-0.39, 0.29) is 12.5 Å². The third-order valence-corrected chi connectivity index (χ3v) is 13.6. The van der Waals surface area contributed by atoms with Gasteiger partial charge in [0.1, 0.15) is 24.4 Å². The van der Waals surface area contributed by atoms with Crippen LogP contribution in [0.4, 0.5) is 0 Å². The average Bonchev–Trinajstić information content (AvgIpc) is 3.40. The first-order valence-corrected chi connectivity index (χ1v) is 30.1. The monoisotopic (exact) mass is 1030 g/mol. The van der Waals surface area contributed by atoms with Crippen LogP contribution in [0, 0.1) is 0 Å². The number of aliphatic hydroxyl groups is 5. The van der Waals surface area contributed by atoms with Crippen molar-refractivity contribution >= 4 is 5.91 Å². The first-order chi connectivity index (χ1) is 36.3. The van der Waals surface area contributed by atoms with Gasteiger partial charge in [-0.15, -0.1) is 0 Å². The van der Waals surface area contributed by atoms with Crippen LogP contribution >= 0.6 is 0 Å². The van der Waals surface area contributed by atoms with Crippen molar-refractivity contribution < 1.29 is 39.8 Å². The molecule has 7 atom stereocenters. The number of hydrogen-bond donors (Lipinski definition) is 6. The summed E-state index contributed by atoms with van der Waals surface area (Å²) in [5.41, 5.74) is 0. The van der Waals surface area contributed by atoms with Gasteiger partial charge < -0.3 is 40.3 Å². The molecule has 0 bridgehead atoms. The van der Waals surface area contributed by atoms with Crippen molar-refractivity contribution in [1.82, 2.24) is 5.32 Å². The Balaban J connectivity index is 2.10. The predicted octanol–water partition coefficient (Wildman–Crippen LogP) is 15.3. The summed E-state index contributed by atoms with van der Waals surface area (Å²) >= 11 is 0. The number of nitrogens with one attached hydrogen (secondary N) is 1. The molecule has 0 aliphatic carbocycles. The topological polar surface area (TPSA) is 149 Å². The van der Waals surface area contributed by atoms with E-state index >= 15 is 0 Å². The molecule has 1 aliphatic rings. The minimum atomic E-state index is -1.57. The van der Waals surface area contributed by atoms with Crippen molar-refractivity contribution in [3.63, 3.8) is 0 Å². The van der Waals surface area contributed by atoms with Gasteiger partial charge in [-0.1, -0.05) is 258 Å². The molecule has 424 valence electrons. The van der Waals surface area contributed by atoms with E-state index in [1.807, 2.05) is 6.08 Å². The van der Waals surface area contributed by atoms with Gasteiger partial charge in [-0.05, 0) is 83.5 Å². The molecule has 0 aromatic carbocycles. The van der Waals surface area contributed by atoms with Gasteiger partial charge >= 0.3 is 0 Å². The van der Waals surface area contributed by atoms with E-state index in [0.717, 1.165) is 89.9 Å². The molecule has 1 heterocycles. The van der Waals surface area contributed by atoms with Crippen molar-refractivity contribution in [3.8, 4) is 0 Å². The lowest BCUT2D eigenvalue weighted by molar-refractivity contribution is -0.302. The smallest absolute Gasteiger partial charge is 0.220 e. The first-order valence-electron chi connectivity index (χ1n) is 30.1. The summed E-state index contributed by atoms with van der Waals surface area (Å²) in [5, 5.41) is 54.4. The summed E-state index contributed by atoms with van der Waals surface area (Å²) in [7, 11) is 0. The maximum atomic E-state index is 13.0. The van der Waals surface area contributed by atoms with E-state index in [1.165, 1.54) is 128 Å². The average molecular weight is 1030 g/mol. The lowest BCUT2D eigenvalue weighted by Crippen LogP contribution is -2.60. The van der Waals surface area contributed by atoms with E-state index < -0.39 is 49.5 Å². The van der Waals surface area contributed by atoms with E-state index in [1.54, 1.807) is 6.08 Å². The molecular weight excluding hydrogens is 923 g/mol. The lowest BCUT2D eigenvalue weighted by atomic mass is 9.99. The van der Waals surface area contributed by atoms with Crippen molar-refractivity contribution in [2.75, 3.05) is 13.2 Å². The molecule has 0 aromatic rings. The fourth-order valence-corrected chi connectivity index (χ4v) is 8.88. The van der Waals surface area contributed by atoms with Gasteiger partial charge in [-0.25, -0.2) is 0 Å². The summed E-state index contributed by atoms with van der Waals surface area (Å²) in [6.07, 6.45) is 71.7. The van der Waals surface area contributed by atoms with Gasteiger partial charge in [-0.2, -0.15) is 0 Å². The summed E-state index contributed by atoms with van der Waals surface area (Å²) in [4.78, 5) is 13.0. The van der Waals surface area contributed by atoms with Crippen LogP contribution < -0.4 is 5.32 Å². The highest BCUT2D eigenvalue weighted by Crippen LogP contribution is 2.23. The number of allylic oxidation sites excluding steroid dienone is 17. The highest BCUT2D eigenvalue weighted by Gasteiger charge is 2.44. The minimum Gasteiger partial charge on any atom is -0.394 e. The molecular formula is C65H111NO8. The van der Waals surface area contributed by atoms with Crippen molar-refractivity contribution in [1.29, 1.82) is 0 Å². The number of ether oxygens (including phenoxy) is 2. The second-order valence-electron chi connectivity index (χ2n) is 20.4. The van der Waals surface area contributed by atoms with E-state index in [2.05, 4.69) is 116 Å². The zero-order valence-corrected chi connectivity index (χ0v) is 47.1. The molecule has 0 saturated carbocycles. The number of carbonyl (C=O) groups excluding carboxylic acids is 1. The van der Waals surface area contributed by atoms with Gasteiger partial charge in [0.05, 0.1) is 25.4 Å². The van der Waals surface area contributed by atoms with Crippen LogP contribution in [-0.2, 0) is 14.3 Å². The minimum absolute atomic E-state index is 0.182. The molecule has 9 heteroatoms. The van der Waals surface area contributed by atoms with Gasteiger partial charge in [-0.3, -0.25) is 4.79 Å². The number of aliphatic hydroxyl groups excluding tert-OH is 5. The zero-order chi connectivity index (χ0) is 53.6. The van der Waals surface area contributed by atoms with Gasteiger partial charge in [0, 0.05) is 6.42 Å². The SMILES string of the molecule is CC/C=C\C/C=C\C/C=C\C/C=C\C/C=C\C/C=C\C/C=C\C/C=C\CCCCCCCCCCCCCCCCC(=O)NC(COC1OC(CO)C(O)C(O)C1O)C(O)/C=C/CCCCCCCCCCCC. The second-order valence-corrected chi connectivity index (χ2v) is 20.4. The summed E-state index contributed by atoms with van der Waals surface area (Å²) in [5.74, 6) is -0.182. The molecule has 9 nitrogen and oxygen atoms in total. The third-order valence-electron chi connectivity index (χ3n) is 13.6. The van der Waals surface area contributed by atoms with Gasteiger partial charge in [0.2, 0.25) is 5.91 Å². The summed E-state index contributed by atoms with van der Waals surface area (Å²) in [6.45, 7) is 3.65. The van der Waals surface area contributed by atoms with Crippen LogP contribution in [0.3, 0.4) is 0 Å². The van der Waals surface area contributed by atoms with Crippen LogP contribution in [0.15, 0.2) is 109 Å². The highest BCUT2D eigenvalue weighted by atomic mass is 16.7. The number of hydrogen-bond acceptors (Lipinski definition) is 8. The molecule has 0 aromatic heterocycles. The molecule has 1 fully saturated rings. The Kier molecular flexibility index (Phi) is 49.6. The van der Waals surface area contributed by atoms with Crippen LogP contribution in [-0.4, -0.2) is 87.5 Å². The van der Waals surface area contributed by atoms with Crippen LogP contribution in [0.5, 0.6) is 0 Å². The number of carbonyl (C=O) groups is 1. The highest BCUT2D eigenvalue weighted by molar-refractivity contribution is 5.76. The second kappa shape index (κ2) is 53.3. The van der Waals surface area contributed by atoms with Crippen LogP contribution in [0.1, 0.15) is 239 Å². The van der Waals surface area contributed by atoms with Crippen molar-refractivity contribution in [2.24, 2.45) is 0 Å². The lowest BCUT2D eigenvalue weighted by Gasteiger charge is -2.40. The maximum absolute atomic E-state index is 13.0. The molecule has 1 saturated heterocycles. The zero-order valence-electron chi connectivity index (χ0n) is 47.1. The molecule has 0 spiro atoms. The number of unbranched alkanes of at least 4 members (excludes halogenated alkanes) is 24. The Labute approximate surface area is 453 Å². The van der Waals surface area contributed by atoms with Crippen molar-refractivity contribution in [2.45, 2.75) is 281 Å². The Morgan fingerprint density at radius 3 is 1.24 bits per heavy atom.